The average Bonchev–Trinajstić information content (AvgIpc) is 3.24. The molecule has 30 heavy (non-hydrogen) atoms. The quantitative estimate of drug-likeness (QED) is 0.640. The number of benzene rings is 2. The molecule has 1 atom stereocenters. The van der Waals surface area contributed by atoms with Crippen molar-refractivity contribution in [2.24, 2.45) is 0 Å². The predicted octanol–water partition coefficient (Wildman–Crippen LogP) is 4.34. The molecular formula is C23H23FN4O2. The van der Waals surface area contributed by atoms with E-state index >= 15 is 0 Å². The highest BCUT2D eigenvalue weighted by Gasteiger charge is 2.36. The third-order valence-electron chi connectivity index (χ3n) is 5.31. The SMILES string of the molecule is CCc1ccc(NC(=O)CC2C(=O)Nc3c(-c4ccc(F)cc4)c(CC)nn32)cc1. The van der Waals surface area contributed by atoms with Crippen LogP contribution in [-0.2, 0) is 22.4 Å². The van der Waals surface area contributed by atoms with E-state index in [4.69, 9.17) is 0 Å². The monoisotopic (exact) mass is 406 g/mol. The summed E-state index contributed by atoms with van der Waals surface area (Å²) in [5.74, 6) is -0.316. The Labute approximate surface area is 174 Å². The van der Waals surface area contributed by atoms with Crippen molar-refractivity contribution in [3.63, 3.8) is 0 Å². The number of carbonyl (C=O) groups excluding carboxylic acids is 2. The van der Waals surface area contributed by atoms with Crippen LogP contribution >= 0.6 is 0 Å². The highest BCUT2D eigenvalue weighted by molar-refractivity contribution is 6.04. The molecule has 1 aliphatic rings. The first kappa shape index (κ1) is 19.8. The summed E-state index contributed by atoms with van der Waals surface area (Å²) in [5.41, 5.74) is 4.21. The van der Waals surface area contributed by atoms with Crippen LogP contribution in [0.15, 0.2) is 48.5 Å². The molecule has 0 bridgehead atoms. The molecule has 154 valence electrons. The largest absolute Gasteiger partial charge is 0.326 e. The van der Waals surface area contributed by atoms with E-state index in [9.17, 15) is 14.0 Å². The van der Waals surface area contributed by atoms with Gasteiger partial charge in [-0.15, -0.1) is 0 Å². The summed E-state index contributed by atoms with van der Waals surface area (Å²) in [7, 11) is 0. The topological polar surface area (TPSA) is 76.0 Å². The molecule has 2 heterocycles. The van der Waals surface area contributed by atoms with Gasteiger partial charge in [-0.3, -0.25) is 9.59 Å². The van der Waals surface area contributed by atoms with E-state index in [1.54, 1.807) is 16.8 Å². The van der Waals surface area contributed by atoms with Gasteiger partial charge in [0.05, 0.1) is 12.1 Å². The van der Waals surface area contributed by atoms with Crippen LogP contribution in [0.3, 0.4) is 0 Å². The second kappa shape index (κ2) is 8.10. The van der Waals surface area contributed by atoms with Crippen molar-refractivity contribution in [3.05, 3.63) is 65.6 Å². The number of fused-ring (bicyclic) bond motifs is 1. The molecule has 7 heteroatoms. The number of anilines is 2. The fraction of sp³-hybridized carbons (Fsp3) is 0.261. The maximum Gasteiger partial charge on any atom is 0.251 e. The second-order valence-corrected chi connectivity index (χ2v) is 7.28. The number of nitrogens with one attached hydrogen (secondary N) is 2. The van der Waals surface area contributed by atoms with Gasteiger partial charge >= 0.3 is 0 Å². The zero-order chi connectivity index (χ0) is 21.3. The Kier molecular flexibility index (Phi) is 5.35. The van der Waals surface area contributed by atoms with Gasteiger partial charge in [-0.25, -0.2) is 9.07 Å². The smallest absolute Gasteiger partial charge is 0.251 e. The van der Waals surface area contributed by atoms with Gasteiger partial charge < -0.3 is 10.6 Å². The van der Waals surface area contributed by atoms with Gasteiger partial charge in [0, 0.05) is 11.3 Å². The van der Waals surface area contributed by atoms with Gasteiger partial charge in [-0.05, 0) is 48.2 Å². The van der Waals surface area contributed by atoms with Gasteiger partial charge in [0.1, 0.15) is 17.7 Å². The maximum atomic E-state index is 13.3. The van der Waals surface area contributed by atoms with E-state index in [1.165, 1.54) is 17.7 Å². The van der Waals surface area contributed by atoms with Crippen LogP contribution < -0.4 is 10.6 Å². The Balaban J connectivity index is 1.57. The molecule has 0 aliphatic carbocycles. The Bertz CT molecular complexity index is 1090. The van der Waals surface area contributed by atoms with Crippen LogP contribution in [0.5, 0.6) is 0 Å². The lowest BCUT2D eigenvalue weighted by Crippen LogP contribution is -2.23. The number of halogens is 1. The number of amides is 2. The molecule has 0 spiro atoms. The molecule has 0 saturated carbocycles. The molecule has 6 nitrogen and oxygen atoms in total. The zero-order valence-electron chi connectivity index (χ0n) is 16.9. The normalized spacial score (nSPS) is 15.0. The van der Waals surface area contributed by atoms with E-state index in [-0.39, 0.29) is 24.1 Å². The van der Waals surface area contributed by atoms with Crippen molar-refractivity contribution in [3.8, 4) is 11.1 Å². The third-order valence-corrected chi connectivity index (χ3v) is 5.31. The maximum absolute atomic E-state index is 13.3. The molecule has 2 amide bonds. The average molecular weight is 406 g/mol. The summed E-state index contributed by atoms with van der Waals surface area (Å²) in [6.07, 6.45) is 1.54. The first-order valence-electron chi connectivity index (χ1n) is 10.1. The van der Waals surface area contributed by atoms with Crippen LogP contribution in [0.4, 0.5) is 15.9 Å². The zero-order valence-corrected chi connectivity index (χ0v) is 16.9. The molecule has 1 aromatic heterocycles. The molecule has 2 N–H and O–H groups in total. The van der Waals surface area contributed by atoms with Crippen molar-refractivity contribution < 1.29 is 14.0 Å². The lowest BCUT2D eigenvalue weighted by molar-refractivity contribution is -0.123. The minimum atomic E-state index is -0.727. The van der Waals surface area contributed by atoms with Gasteiger partial charge in [0.2, 0.25) is 5.91 Å². The van der Waals surface area contributed by atoms with E-state index in [2.05, 4.69) is 22.7 Å². The molecular weight excluding hydrogens is 383 g/mol. The summed E-state index contributed by atoms with van der Waals surface area (Å²) in [5, 5.41) is 10.3. The number of hydrogen-bond donors (Lipinski definition) is 2. The molecule has 2 aromatic carbocycles. The van der Waals surface area contributed by atoms with Gasteiger partial charge in [0.15, 0.2) is 0 Å². The van der Waals surface area contributed by atoms with Gasteiger partial charge in [0.25, 0.3) is 5.91 Å². The van der Waals surface area contributed by atoms with Crippen LogP contribution in [0.2, 0.25) is 0 Å². The molecule has 0 fully saturated rings. The number of nitrogens with zero attached hydrogens (tertiary/aromatic N) is 2. The number of aromatic nitrogens is 2. The summed E-state index contributed by atoms with van der Waals surface area (Å²) >= 11 is 0. The minimum Gasteiger partial charge on any atom is -0.326 e. The van der Waals surface area contributed by atoms with Gasteiger partial charge in [-0.2, -0.15) is 5.10 Å². The molecule has 1 aliphatic heterocycles. The number of aryl methyl sites for hydroxylation is 2. The highest BCUT2D eigenvalue weighted by Crippen LogP contribution is 2.38. The van der Waals surface area contributed by atoms with Crippen LogP contribution in [0.25, 0.3) is 11.1 Å². The molecule has 0 radical (unpaired) electrons. The van der Waals surface area contributed by atoms with Crippen LogP contribution in [0, 0.1) is 5.82 Å². The van der Waals surface area contributed by atoms with Crippen LogP contribution in [-0.4, -0.2) is 21.6 Å². The fourth-order valence-corrected chi connectivity index (χ4v) is 3.70. The van der Waals surface area contributed by atoms with E-state index < -0.39 is 6.04 Å². The van der Waals surface area contributed by atoms with Gasteiger partial charge in [-0.1, -0.05) is 38.1 Å². The molecule has 0 saturated heterocycles. The third kappa shape index (κ3) is 3.70. The highest BCUT2D eigenvalue weighted by atomic mass is 19.1. The fourth-order valence-electron chi connectivity index (χ4n) is 3.70. The van der Waals surface area contributed by atoms with E-state index in [0.717, 1.165) is 23.2 Å². The van der Waals surface area contributed by atoms with Crippen molar-refractivity contribution >= 4 is 23.3 Å². The van der Waals surface area contributed by atoms with Crippen LogP contribution in [0.1, 0.15) is 37.6 Å². The second-order valence-electron chi connectivity index (χ2n) is 7.28. The van der Waals surface area contributed by atoms with E-state index in [0.29, 0.717) is 17.9 Å². The summed E-state index contributed by atoms with van der Waals surface area (Å²) in [4.78, 5) is 25.2. The molecule has 4 rings (SSSR count). The lowest BCUT2D eigenvalue weighted by atomic mass is 10.0. The molecule has 3 aromatic rings. The summed E-state index contributed by atoms with van der Waals surface area (Å²) in [6.45, 7) is 4.04. The number of hydrogen-bond acceptors (Lipinski definition) is 3. The summed E-state index contributed by atoms with van der Waals surface area (Å²) < 4.78 is 14.9. The Morgan fingerprint density at radius 1 is 1.10 bits per heavy atom. The number of carbonyl (C=O) groups is 2. The Morgan fingerprint density at radius 2 is 1.80 bits per heavy atom. The number of rotatable bonds is 6. The standard InChI is InChI=1S/C23H23FN4O2/c1-3-14-5-11-17(12-6-14)25-20(29)13-19-23(30)26-22-21(18(4-2)27-28(19)22)15-7-9-16(24)10-8-15/h5-12,19H,3-4,13H2,1-2H3,(H,25,29)(H,26,30). The lowest BCUT2D eigenvalue weighted by Gasteiger charge is -2.10. The Morgan fingerprint density at radius 3 is 2.43 bits per heavy atom. The first-order chi connectivity index (χ1) is 14.5. The predicted molar refractivity (Wildman–Crippen MR) is 114 cm³/mol. The minimum absolute atomic E-state index is 0.0257. The summed E-state index contributed by atoms with van der Waals surface area (Å²) in [6, 6.07) is 13.0. The van der Waals surface area contributed by atoms with Crippen molar-refractivity contribution in [1.82, 2.24) is 9.78 Å². The van der Waals surface area contributed by atoms with Crippen molar-refractivity contribution in [2.45, 2.75) is 39.2 Å². The Hall–Kier alpha value is -3.48. The molecule has 1 unspecified atom stereocenters. The van der Waals surface area contributed by atoms with E-state index in [1.807, 2.05) is 31.2 Å². The first-order valence-corrected chi connectivity index (χ1v) is 10.1. The van der Waals surface area contributed by atoms with Crippen molar-refractivity contribution in [1.29, 1.82) is 0 Å². The van der Waals surface area contributed by atoms with Crippen molar-refractivity contribution in [2.75, 3.05) is 10.6 Å².